The van der Waals surface area contributed by atoms with Crippen molar-refractivity contribution < 1.29 is 18.8 Å². The highest BCUT2D eigenvalue weighted by atomic mass is 35.5. The average molecular weight is 441 g/mol. The largest absolute Gasteiger partial charge is 0.465 e. The number of esters is 1. The third-order valence-electron chi connectivity index (χ3n) is 5.26. The number of carbonyl (C=O) groups excluding carboxylic acids is 2. The van der Waals surface area contributed by atoms with Crippen LogP contribution in [0.25, 0.3) is 11.4 Å². The van der Waals surface area contributed by atoms with Gasteiger partial charge in [0.05, 0.1) is 23.4 Å². The molecule has 0 saturated carbocycles. The maximum absolute atomic E-state index is 12.7. The van der Waals surface area contributed by atoms with Gasteiger partial charge in [-0.05, 0) is 37.1 Å². The Morgan fingerprint density at radius 2 is 1.84 bits per heavy atom. The molecular weight excluding hydrogens is 420 g/mol. The molecule has 2 amide bonds. The number of likely N-dealkylation sites (tertiary alicyclic amines) is 1. The van der Waals surface area contributed by atoms with E-state index in [1.165, 1.54) is 7.11 Å². The highest BCUT2D eigenvalue weighted by Crippen LogP contribution is 2.31. The molecule has 2 heterocycles. The van der Waals surface area contributed by atoms with Crippen LogP contribution < -0.4 is 5.32 Å². The van der Waals surface area contributed by atoms with Crippen LogP contribution in [0.2, 0.25) is 5.02 Å². The first-order chi connectivity index (χ1) is 15.1. The number of para-hydroxylation sites is 1. The van der Waals surface area contributed by atoms with E-state index in [2.05, 4.69) is 15.5 Å². The summed E-state index contributed by atoms with van der Waals surface area (Å²) in [6.45, 7) is 1.06. The number of nitrogens with zero attached hydrogens (tertiary/aromatic N) is 3. The van der Waals surface area contributed by atoms with E-state index in [9.17, 15) is 9.59 Å². The number of methoxy groups -OCH3 is 1. The summed E-state index contributed by atoms with van der Waals surface area (Å²) in [4.78, 5) is 30.8. The van der Waals surface area contributed by atoms with Crippen molar-refractivity contribution in [2.45, 2.75) is 18.8 Å². The van der Waals surface area contributed by atoms with E-state index in [0.29, 0.717) is 53.9 Å². The Hall–Kier alpha value is -3.39. The summed E-state index contributed by atoms with van der Waals surface area (Å²) in [5.74, 6) is 0.571. The summed E-state index contributed by atoms with van der Waals surface area (Å²) in [6.07, 6.45) is 1.38. The van der Waals surface area contributed by atoms with E-state index < -0.39 is 5.97 Å². The van der Waals surface area contributed by atoms with Gasteiger partial charge >= 0.3 is 12.0 Å². The topological polar surface area (TPSA) is 97.6 Å². The van der Waals surface area contributed by atoms with Gasteiger partial charge in [0.15, 0.2) is 0 Å². The molecule has 1 N–H and O–H groups in total. The van der Waals surface area contributed by atoms with Crippen molar-refractivity contribution in [3.63, 3.8) is 0 Å². The second-order valence-corrected chi connectivity index (χ2v) is 7.57. The SMILES string of the molecule is COC(=O)c1ccccc1NC(=O)N1CCC(c2nc(-c3ccccc3Cl)no2)CC1. The highest BCUT2D eigenvalue weighted by Gasteiger charge is 2.28. The van der Waals surface area contributed by atoms with Crippen LogP contribution >= 0.6 is 11.6 Å². The van der Waals surface area contributed by atoms with Crippen molar-refractivity contribution in [1.82, 2.24) is 15.0 Å². The molecule has 1 aliphatic heterocycles. The number of piperidine rings is 1. The Morgan fingerprint density at radius 1 is 1.13 bits per heavy atom. The van der Waals surface area contributed by atoms with E-state index in [1.54, 1.807) is 35.2 Å². The molecule has 1 aliphatic rings. The molecule has 9 heteroatoms. The smallest absolute Gasteiger partial charge is 0.339 e. The second-order valence-electron chi connectivity index (χ2n) is 7.16. The predicted octanol–water partition coefficient (Wildman–Crippen LogP) is 4.59. The monoisotopic (exact) mass is 440 g/mol. The van der Waals surface area contributed by atoms with Gasteiger partial charge < -0.3 is 19.5 Å². The first-order valence-electron chi connectivity index (χ1n) is 9.88. The molecule has 4 rings (SSSR count). The van der Waals surface area contributed by atoms with Crippen LogP contribution in [0.1, 0.15) is 35.0 Å². The van der Waals surface area contributed by atoms with Crippen LogP contribution in [0.4, 0.5) is 10.5 Å². The average Bonchev–Trinajstić information content (AvgIpc) is 3.29. The zero-order valence-electron chi connectivity index (χ0n) is 16.9. The Kier molecular flexibility index (Phi) is 6.18. The van der Waals surface area contributed by atoms with E-state index in [0.717, 1.165) is 5.56 Å². The standard InChI is InChI=1S/C22H21ClN4O4/c1-30-21(28)16-7-3-5-9-18(16)24-22(29)27-12-10-14(11-13-27)20-25-19(26-31-20)15-6-2-4-8-17(15)23/h2-9,14H,10-13H2,1H3,(H,24,29). The molecule has 0 bridgehead atoms. The first kappa shape index (κ1) is 20.9. The fourth-order valence-electron chi connectivity index (χ4n) is 3.56. The number of hydrogen-bond acceptors (Lipinski definition) is 6. The number of halogens is 1. The molecule has 0 unspecified atom stereocenters. The summed E-state index contributed by atoms with van der Waals surface area (Å²) >= 11 is 6.21. The molecule has 1 aromatic heterocycles. The normalized spacial score (nSPS) is 14.3. The molecule has 1 fully saturated rings. The number of anilines is 1. The number of rotatable bonds is 4. The van der Waals surface area contributed by atoms with Crippen molar-refractivity contribution in [3.05, 3.63) is 65.0 Å². The number of urea groups is 1. The number of nitrogens with one attached hydrogen (secondary N) is 1. The lowest BCUT2D eigenvalue weighted by Gasteiger charge is -2.30. The van der Waals surface area contributed by atoms with Gasteiger partial charge in [0.2, 0.25) is 11.7 Å². The van der Waals surface area contributed by atoms with Crippen molar-refractivity contribution >= 4 is 29.3 Å². The minimum Gasteiger partial charge on any atom is -0.465 e. The summed E-state index contributed by atoms with van der Waals surface area (Å²) in [5, 5.41) is 7.42. The molecule has 2 aromatic carbocycles. The summed E-state index contributed by atoms with van der Waals surface area (Å²) in [6, 6.07) is 13.8. The second kappa shape index (κ2) is 9.18. The van der Waals surface area contributed by atoms with Crippen molar-refractivity contribution in [2.24, 2.45) is 0 Å². The maximum Gasteiger partial charge on any atom is 0.339 e. The third-order valence-corrected chi connectivity index (χ3v) is 5.59. The fraction of sp³-hybridized carbons (Fsp3) is 0.273. The Bertz CT molecular complexity index is 1090. The van der Waals surface area contributed by atoms with E-state index >= 15 is 0 Å². The number of carbonyl (C=O) groups is 2. The van der Waals surface area contributed by atoms with E-state index in [-0.39, 0.29) is 11.9 Å². The molecule has 8 nitrogen and oxygen atoms in total. The van der Waals surface area contributed by atoms with Gasteiger partial charge in [0.1, 0.15) is 0 Å². The van der Waals surface area contributed by atoms with Crippen LogP contribution in [0.15, 0.2) is 53.1 Å². The minimum absolute atomic E-state index is 0.0649. The molecule has 31 heavy (non-hydrogen) atoms. The fourth-order valence-corrected chi connectivity index (χ4v) is 3.78. The lowest BCUT2D eigenvalue weighted by Crippen LogP contribution is -2.40. The highest BCUT2D eigenvalue weighted by molar-refractivity contribution is 6.33. The zero-order valence-corrected chi connectivity index (χ0v) is 17.6. The van der Waals surface area contributed by atoms with Crippen LogP contribution in [0.3, 0.4) is 0 Å². The lowest BCUT2D eigenvalue weighted by atomic mass is 9.97. The van der Waals surface area contributed by atoms with Gasteiger partial charge in [-0.1, -0.05) is 41.0 Å². The Morgan fingerprint density at radius 3 is 2.58 bits per heavy atom. The zero-order chi connectivity index (χ0) is 21.8. The molecule has 1 saturated heterocycles. The van der Waals surface area contributed by atoms with Crippen LogP contribution in [0.5, 0.6) is 0 Å². The number of aromatic nitrogens is 2. The number of ether oxygens (including phenoxy) is 1. The van der Waals surface area contributed by atoms with Gasteiger partial charge in [-0.3, -0.25) is 0 Å². The number of amides is 2. The van der Waals surface area contributed by atoms with Gasteiger partial charge in [0, 0.05) is 24.6 Å². The minimum atomic E-state index is -0.500. The van der Waals surface area contributed by atoms with Crippen LogP contribution in [-0.2, 0) is 4.74 Å². The predicted molar refractivity (Wildman–Crippen MR) is 115 cm³/mol. The molecule has 0 spiro atoms. The quantitative estimate of drug-likeness (QED) is 0.596. The lowest BCUT2D eigenvalue weighted by molar-refractivity contribution is 0.0602. The van der Waals surface area contributed by atoms with Crippen molar-refractivity contribution in [2.75, 3.05) is 25.5 Å². The Labute approximate surface area is 184 Å². The molecule has 0 radical (unpaired) electrons. The molecular formula is C22H21ClN4O4. The molecule has 0 aliphatic carbocycles. The van der Waals surface area contributed by atoms with E-state index in [1.807, 2.05) is 18.2 Å². The van der Waals surface area contributed by atoms with Gasteiger partial charge in [0.25, 0.3) is 0 Å². The first-order valence-corrected chi connectivity index (χ1v) is 10.3. The number of benzene rings is 2. The Balaban J connectivity index is 1.38. The molecule has 160 valence electrons. The molecule has 3 aromatic rings. The summed E-state index contributed by atoms with van der Waals surface area (Å²) in [5.41, 5.74) is 1.45. The van der Waals surface area contributed by atoms with Crippen LogP contribution in [0, 0.1) is 0 Å². The summed E-state index contributed by atoms with van der Waals surface area (Å²) in [7, 11) is 1.31. The summed E-state index contributed by atoms with van der Waals surface area (Å²) < 4.78 is 10.2. The van der Waals surface area contributed by atoms with E-state index in [4.69, 9.17) is 20.9 Å². The molecule has 0 atom stereocenters. The van der Waals surface area contributed by atoms with Gasteiger partial charge in [-0.2, -0.15) is 4.98 Å². The van der Waals surface area contributed by atoms with Crippen molar-refractivity contribution in [3.8, 4) is 11.4 Å². The van der Waals surface area contributed by atoms with Crippen LogP contribution in [-0.4, -0.2) is 47.2 Å². The van der Waals surface area contributed by atoms with Crippen molar-refractivity contribution in [1.29, 1.82) is 0 Å². The maximum atomic E-state index is 12.7. The van der Waals surface area contributed by atoms with Gasteiger partial charge in [-0.15, -0.1) is 0 Å². The number of hydrogen-bond donors (Lipinski definition) is 1. The third kappa shape index (κ3) is 4.54. The van der Waals surface area contributed by atoms with Gasteiger partial charge in [-0.25, -0.2) is 9.59 Å².